The number of hydrogen-bond donors (Lipinski definition) is 2. The van der Waals surface area contributed by atoms with Gasteiger partial charge in [-0.15, -0.1) is 0 Å². The van der Waals surface area contributed by atoms with Gasteiger partial charge in [0.2, 0.25) is 11.8 Å². The lowest BCUT2D eigenvalue weighted by molar-refractivity contribution is -0.136. The van der Waals surface area contributed by atoms with Crippen molar-refractivity contribution in [1.29, 1.82) is 0 Å². The van der Waals surface area contributed by atoms with Crippen LogP contribution in [0.3, 0.4) is 0 Å². The molecule has 3 unspecified atom stereocenters. The molecule has 31 heavy (non-hydrogen) atoms. The van der Waals surface area contributed by atoms with Crippen LogP contribution < -0.4 is 11.1 Å². The van der Waals surface area contributed by atoms with E-state index in [1.165, 1.54) is 6.42 Å². The summed E-state index contributed by atoms with van der Waals surface area (Å²) in [5.41, 5.74) is 7.57. The molecule has 0 radical (unpaired) electrons. The number of carbonyl (C=O) groups excluding carboxylic acids is 4. The molecule has 8 nitrogen and oxygen atoms in total. The second-order valence-corrected chi connectivity index (χ2v) is 9.27. The number of amides is 4. The number of imide groups is 2. The van der Waals surface area contributed by atoms with Gasteiger partial charge in [-0.2, -0.15) is 0 Å². The highest BCUT2D eigenvalue weighted by Gasteiger charge is 2.46. The van der Waals surface area contributed by atoms with Crippen LogP contribution in [-0.4, -0.2) is 58.1 Å². The van der Waals surface area contributed by atoms with E-state index in [-0.39, 0.29) is 18.7 Å². The second-order valence-electron chi connectivity index (χ2n) is 9.27. The summed E-state index contributed by atoms with van der Waals surface area (Å²) in [6.07, 6.45) is 5.94. The highest BCUT2D eigenvalue weighted by Crippen LogP contribution is 2.39. The zero-order valence-corrected chi connectivity index (χ0v) is 17.5. The summed E-state index contributed by atoms with van der Waals surface area (Å²) in [4.78, 5) is 53.8. The van der Waals surface area contributed by atoms with Crippen LogP contribution in [0.2, 0.25) is 0 Å². The minimum absolute atomic E-state index is 0.121. The molecule has 1 aromatic rings. The van der Waals surface area contributed by atoms with Gasteiger partial charge in [-0.1, -0.05) is 18.6 Å². The molecule has 1 aromatic carbocycles. The highest BCUT2D eigenvalue weighted by molar-refractivity contribution is 6.24. The molecular weight excluding hydrogens is 396 g/mol. The number of nitrogens with zero attached hydrogens (tertiary/aromatic N) is 2. The van der Waals surface area contributed by atoms with Gasteiger partial charge in [-0.3, -0.25) is 34.3 Å². The summed E-state index contributed by atoms with van der Waals surface area (Å²) in [6, 6.07) is 5.37. The van der Waals surface area contributed by atoms with Gasteiger partial charge in [-0.25, -0.2) is 0 Å². The van der Waals surface area contributed by atoms with Crippen molar-refractivity contribution < 1.29 is 19.2 Å². The van der Waals surface area contributed by atoms with Crippen LogP contribution in [0.5, 0.6) is 0 Å². The maximum Gasteiger partial charge on any atom is 0.262 e. The van der Waals surface area contributed by atoms with Gasteiger partial charge in [0.05, 0.1) is 11.1 Å². The van der Waals surface area contributed by atoms with E-state index < -0.39 is 23.8 Å². The average Bonchev–Trinajstić information content (AvgIpc) is 2.99. The summed E-state index contributed by atoms with van der Waals surface area (Å²) < 4.78 is 0. The van der Waals surface area contributed by atoms with Crippen molar-refractivity contribution in [2.24, 2.45) is 11.7 Å². The summed E-state index contributed by atoms with van der Waals surface area (Å²) in [6.45, 7) is 1.34. The van der Waals surface area contributed by atoms with Crippen molar-refractivity contribution in [2.45, 2.75) is 69.6 Å². The van der Waals surface area contributed by atoms with Crippen molar-refractivity contribution in [3.63, 3.8) is 0 Å². The predicted octanol–water partition coefficient (Wildman–Crippen LogP) is 1.18. The van der Waals surface area contributed by atoms with Crippen LogP contribution in [0.4, 0.5) is 0 Å². The minimum atomic E-state index is -0.933. The Bertz CT molecular complexity index is 947. The summed E-state index contributed by atoms with van der Waals surface area (Å²) >= 11 is 0. The van der Waals surface area contributed by atoms with Gasteiger partial charge in [0, 0.05) is 25.0 Å². The predicted molar refractivity (Wildman–Crippen MR) is 112 cm³/mol. The molecule has 3 atom stereocenters. The Labute approximate surface area is 181 Å². The Morgan fingerprint density at radius 1 is 1.00 bits per heavy atom. The first-order chi connectivity index (χ1) is 15.0. The van der Waals surface area contributed by atoms with E-state index in [1.54, 1.807) is 6.07 Å². The standard InChI is InChI=1S/C23H28N4O4/c24-11-13-9-15-4-2-5-16(10-13)26(15)12-14-3-1-6-17-20(14)23(31)27(22(17)30)18-7-8-19(28)25-21(18)29/h1,3,6,13,15-16,18H,2,4-5,7-12,24H2,(H,25,28,29). The number of piperidine rings is 3. The first-order valence-corrected chi connectivity index (χ1v) is 11.3. The molecule has 8 heteroatoms. The monoisotopic (exact) mass is 424 g/mol. The van der Waals surface area contributed by atoms with E-state index in [1.807, 2.05) is 12.1 Å². The SMILES string of the molecule is NCC1CC2CCCC(C1)N2Cc1cccc2c1C(=O)N(C1CCC(=O)NC1=O)C2=O. The molecule has 4 amide bonds. The number of rotatable bonds is 4. The third-order valence-electron chi connectivity index (χ3n) is 7.46. The lowest BCUT2D eigenvalue weighted by Gasteiger charge is -2.49. The Hall–Kier alpha value is -2.58. The van der Waals surface area contributed by atoms with E-state index in [2.05, 4.69) is 10.2 Å². The molecule has 0 aromatic heterocycles. The highest BCUT2D eigenvalue weighted by atomic mass is 16.2. The first-order valence-electron chi connectivity index (χ1n) is 11.3. The topological polar surface area (TPSA) is 113 Å². The van der Waals surface area contributed by atoms with Crippen molar-refractivity contribution in [1.82, 2.24) is 15.1 Å². The molecule has 3 fully saturated rings. The van der Waals surface area contributed by atoms with Gasteiger partial charge in [0.1, 0.15) is 6.04 Å². The largest absolute Gasteiger partial charge is 0.330 e. The molecule has 3 N–H and O–H groups in total. The number of nitrogens with two attached hydrogens (primary N) is 1. The summed E-state index contributed by atoms with van der Waals surface area (Å²) in [5, 5.41) is 2.25. The lowest BCUT2D eigenvalue weighted by Crippen LogP contribution is -2.54. The van der Waals surface area contributed by atoms with Crippen molar-refractivity contribution in [3.05, 3.63) is 34.9 Å². The van der Waals surface area contributed by atoms with Crippen LogP contribution in [-0.2, 0) is 16.1 Å². The minimum Gasteiger partial charge on any atom is -0.330 e. The molecule has 4 aliphatic rings. The van der Waals surface area contributed by atoms with Crippen molar-refractivity contribution >= 4 is 23.6 Å². The van der Waals surface area contributed by atoms with Crippen molar-refractivity contribution in [3.8, 4) is 0 Å². The molecule has 164 valence electrons. The maximum atomic E-state index is 13.3. The molecule has 2 bridgehead atoms. The zero-order chi connectivity index (χ0) is 21.7. The van der Waals surface area contributed by atoms with Crippen LogP contribution in [0.25, 0.3) is 0 Å². The Morgan fingerprint density at radius 2 is 1.74 bits per heavy atom. The van der Waals surface area contributed by atoms with Gasteiger partial charge >= 0.3 is 0 Å². The van der Waals surface area contributed by atoms with Gasteiger partial charge in [0.15, 0.2) is 0 Å². The number of benzene rings is 1. The summed E-state index contributed by atoms with van der Waals surface area (Å²) in [7, 11) is 0. The van der Waals surface area contributed by atoms with E-state index in [0.29, 0.717) is 35.7 Å². The van der Waals surface area contributed by atoms with Crippen LogP contribution >= 0.6 is 0 Å². The smallest absolute Gasteiger partial charge is 0.262 e. The number of fused-ring (bicyclic) bond motifs is 3. The fourth-order valence-corrected chi connectivity index (χ4v) is 5.96. The number of carbonyl (C=O) groups is 4. The van der Waals surface area contributed by atoms with Gasteiger partial charge in [-0.05, 0) is 56.2 Å². The van der Waals surface area contributed by atoms with E-state index in [4.69, 9.17) is 5.73 Å². The Balaban J connectivity index is 1.42. The second kappa shape index (κ2) is 7.84. The van der Waals surface area contributed by atoms with Crippen LogP contribution in [0.15, 0.2) is 18.2 Å². The molecule has 5 rings (SSSR count). The average molecular weight is 425 g/mol. The van der Waals surface area contributed by atoms with Gasteiger partial charge < -0.3 is 5.73 Å². The van der Waals surface area contributed by atoms with Gasteiger partial charge in [0.25, 0.3) is 11.8 Å². The maximum absolute atomic E-state index is 13.3. The van der Waals surface area contributed by atoms with E-state index >= 15 is 0 Å². The third kappa shape index (κ3) is 3.38. The lowest BCUT2D eigenvalue weighted by atomic mass is 9.78. The third-order valence-corrected chi connectivity index (χ3v) is 7.46. The van der Waals surface area contributed by atoms with Crippen LogP contribution in [0, 0.1) is 5.92 Å². The molecule has 0 spiro atoms. The molecule has 4 heterocycles. The Kier molecular flexibility index (Phi) is 5.14. The number of nitrogens with one attached hydrogen (secondary N) is 1. The quantitative estimate of drug-likeness (QED) is 0.702. The Morgan fingerprint density at radius 3 is 2.42 bits per heavy atom. The fourth-order valence-electron chi connectivity index (χ4n) is 5.96. The molecular formula is C23H28N4O4. The van der Waals surface area contributed by atoms with E-state index in [0.717, 1.165) is 42.7 Å². The van der Waals surface area contributed by atoms with Crippen molar-refractivity contribution in [2.75, 3.05) is 6.54 Å². The first kappa shape index (κ1) is 20.3. The molecule has 3 saturated heterocycles. The molecule has 4 aliphatic heterocycles. The normalized spacial score (nSPS) is 31.1. The van der Waals surface area contributed by atoms with Crippen LogP contribution in [0.1, 0.15) is 71.2 Å². The number of hydrogen-bond acceptors (Lipinski definition) is 6. The van der Waals surface area contributed by atoms with E-state index in [9.17, 15) is 19.2 Å². The molecule has 0 aliphatic carbocycles. The fraction of sp³-hybridized carbons (Fsp3) is 0.565. The summed E-state index contributed by atoms with van der Waals surface area (Å²) in [5.74, 6) is -1.26. The molecule has 0 saturated carbocycles. The zero-order valence-electron chi connectivity index (χ0n) is 17.5.